The normalized spacial score (nSPS) is 16.7. The Balaban J connectivity index is 1.84. The van der Waals surface area contributed by atoms with E-state index >= 15 is 0 Å². The highest BCUT2D eigenvalue weighted by molar-refractivity contribution is 14.1. The number of benzene rings is 2. The third-order valence-corrected chi connectivity index (χ3v) is 5.71. The Morgan fingerprint density at radius 3 is 2.66 bits per heavy atom. The summed E-state index contributed by atoms with van der Waals surface area (Å²) in [6.45, 7) is 1.90. The van der Waals surface area contributed by atoms with Crippen LogP contribution in [-0.2, 0) is 9.59 Å². The Labute approximate surface area is 184 Å². The van der Waals surface area contributed by atoms with E-state index in [1.54, 1.807) is 35.2 Å². The lowest BCUT2D eigenvalue weighted by Gasteiger charge is -2.11. The summed E-state index contributed by atoms with van der Waals surface area (Å²) in [6, 6.07) is 11.0. The number of carbonyl (C=O) groups excluding carboxylic acids is 1. The molecule has 1 N–H and O–H groups in total. The Morgan fingerprint density at radius 1 is 1.31 bits per heavy atom. The lowest BCUT2D eigenvalue weighted by atomic mass is 10.2. The average Bonchev–Trinajstić information content (AvgIpc) is 2.97. The topological polar surface area (TPSA) is 79.2 Å². The van der Waals surface area contributed by atoms with Crippen LogP contribution in [0.1, 0.15) is 12.5 Å². The van der Waals surface area contributed by atoms with E-state index in [1.165, 1.54) is 23.9 Å². The summed E-state index contributed by atoms with van der Waals surface area (Å²) in [5.41, 5.74) is 1.35. The van der Waals surface area contributed by atoms with Crippen molar-refractivity contribution in [2.24, 2.45) is 4.99 Å². The van der Waals surface area contributed by atoms with Gasteiger partial charge in [0.05, 0.1) is 14.2 Å². The molecule has 0 spiro atoms. The van der Waals surface area contributed by atoms with Crippen LogP contribution in [-0.4, -0.2) is 40.2 Å². The van der Waals surface area contributed by atoms with Crippen molar-refractivity contribution in [2.45, 2.75) is 6.92 Å². The molecule has 0 saturated carbocycles. The van der Waals surface area contributed by atoms with Gasteiger partial charge in [0.15, 0.2) is 11.8 Å². The van der Waals surface area contributed by atoms with E-state index < -0.39 is 12.6 Å². The van der Waals surface area contributed by atoms with Gasteiger partial charge >= 0.3 is 5.97 Å². The van der Waals surface area contributed by atoms with Crippen LogP contribution in [0.5, 0.6) is 5.75 Å². The van der Waals surface area contributed by atoms with E-state index in [9.17, 15) is 14.0 Å². The van der Waals surface area contributed by atoms with Gasteiger partial charge < -0.3 is 9.84 Å². The summed E-state index contributed by atoms with van der Waals surface area (Å²) in [4.78, 5) is 29.9. The number of ether oxygens (including phenoxy) is 1. The van der Waals surface area contributed by atoms with Gasteiger partial charge in [0.1, 0.15) is 11.6 Å². The maximum absolute atomic E-state index is 13.1. The first kappa shape index (κ1) is 21.3. The van der Waals surface area contributed by atoms with Crippen molar-refractivity contribution in [1.29, 1.82) is 0 Å². The SMILES string of the molecule is CCN1C(=O)/C(=C\c2ccc(OCC(=O)O)c(I)c2)SC1=Nc1ccc(F)cc1. The van der Waals surface area contributed by atoms with E-state index in [4.69, 9.17) is 9.84 Å². The number of aliphatic carboxylic acids is 1. The standard InChI is InChI=1S/C20H16FIN2O4S/c1-2-24-19(27)17(29-20(24)23-14-6-4-13(21)5-7-14)10-12-3-8-16(15(22)9-12)28-11-18(25)26/h3-10H,2,11H2,1H3,(H,25,26)/b17-10+,23-20?. The second-order valence-corrected chi connectivity index (χ2v) is 8.07. The predicted molar refractivity (Wildman–Crippen MR) is 119 cm³/mol. The van der Waals surface area contributed by atoms with Crippen LogP contribution in [0.25, 0.3) is 6.08 Å². The molecule has 1 amide bonds. The molecule has 1 heterocycles. The molecule has 29 heavy (non-hydrogen) atoms. The maximum atomic E-state index is 13.1. The van der Waals surface area contributed by atoms with Crippen molar-refractivity contribution in [1.82, 2.24) is 4.90 Å². The Bertz CT molecular complexity index is 1010. The van der Waals surface area contributed by atoms with Crippen molar-refractivity contribution in [3.8, 4) is 5.75 Å². The fourth-order valence-electron chi connectivity index (χ4n) is 2.51. The predicted octanol–water partition coefficient (Wildman–Crippen LogP) is 4.52. The molecular formula is C20H16FIN2O4S. The van der Waals surface area contributed by atoms with E-state index in [2.05, 4.69) is 27.6 Å². The third-order valence-electron chi connectivity index (χ3n) is 3.86. The number of amides is 1. The highest BCUT2D eigenvalue weighted by Crippen LogP contribution is 2.34. The molecule has 0 radical (unpaired) electrons. The first-order valence-electron chi connectivity index (χ1n) is 8.57. The van der Waals surface area contributed by atoms with Gasteiger partial charge in [-0.1, -0.05) is 6.07 Å². The van der Waals surface area contributed by atoms with Gasteiger partial charge in [-0.25, -0.2) is 14.2 Å². The third kappa shape index (κ3) is 5.36. The van der Waals surface area contributed by atoms with Gasteiger partial charge in [0, 0.05) is 6.54 Å². The summed E-state index contributed by atoms with van der Waals surface area (Å²) in [5.74, 6) is -1.08. The number of hydrogen-bond donors (Lipinski definition) is 1. The number of aliphatic imine (C=N–C) groups is 1. The Hall–Kier alpha value is -2.40. The minimum atomic E-state index is -1.05. The first-order valence-corrected chi connectivity index (χ1v) is 10.5. The molecule has 0 bridgehead atoms. The molecule has 2 aromatic rings. The molecule has 0 aliphatic carbocycles. The Morgan fingerprint density at radius 2 is 2.03 bits per heavy atom. The smallest absolute Gasteiger partial charge is 0.341 e. The number of rotatable bonds is 6. The number of hydrogen-bond acceptors (Lipinski definition) is 5. The first-order chi connectivity index (χ1) is 13.9. The molecule has 6 nitrogen and oxygen atoms in total. The average molecular weight is 526 g/mol. The molecule has 1 saturated heterocycles. The van der Waals surface area contributed by atoms with Gasteiger partial charge in [0.25, 0.3) is 5.91 Å². The molecule has 2 aromatic carbocycles. The van der Waals surface area contributed by atoms with Crippen molar-refractivity contribution in [2.75, 3.05) is 13.2 Å². The molecule has 0 aromatic heterocycles. The fraction of sp³-hybridized carbons (Fsp3) is 0.150. The number of halogens is 2. The number of carbonyl (C=O) groups is 2. The van der Waals surface area contributed by atoms with E-state index in [1.807, 2.05) is 13.0 Å². The quantitative estimate of drug-likeness (QED) is 0.443. The maximum Gasteiger partial charge on any atom is 0.341 e. The van der Waals surface area contributed by atoms with E-state index in [0.717, 1.165) is 9.13 Å². The minimum Gasteiger partial charge on any atom is -0.481 e. The lowest BCUT2D eigenvalue weighted by molar-refractivity contribution is -0.139. The highest BCUT2D eigenvalue weighted by atomic mass is 127. The van der Waals surface area contributed by atoms with Crippen LogP contribution < -0.4 is 4.74 Å². The van der Waals surface area contributed by atoms with Gasteiger partial charge in [-0.15, -0.1) is 0 Å². The molecule has 1 fully saturated rings. The highest BCUT2D eigenvalue weighted by Gasteiger charge is 2.32. The van der Waals surface area contributed by atoms with Crippen LogP contribution in [0.2, 0.25) is 0 Å². The summed E-state index contributed by atoms with van der Waals surface area (Å²) in [6.07, 6.45) is 1.76. The summed E-state index contributed by atoms with van der Waals surface area (Å²) in [5, 5.41) is 9.25. The van der Waals surface area contributed by atoms with Crippen molar-refractivity contribution >= 4 is 63.2 Å². The minimum absolute atomic E-state index is 0.153. The molecular weight excluding hydrogens is 510 g/mol. The van der Waals surface area contributed by atoms with Crippen molar-refractivity contribution < 1.29 is 23.8 Å². The molecule has 1 aliphatic heterocycles. The van der Waals surface area contributed by atoms with Crippen LogP contribution in [0.3, 0.4) is 0 Å². The van der Waals surface area contributed by atoms with E-state index in [-0.39, 0.29) is 11.7 Å². The molecule has 3 rings (SSSR count). The van der Waals surface area contributed by atoms with Crippen LogP contribution in [0.4, 0.5) is 10.1 Å². The fourth-order valence-corrected chi connectivity index (χ4v) is 4.27. The van der Waals surface area contributed by atoms with Gasteiger partial charge in [-0.05, 0) is 89.3 Å². The second-order valence-electron chi connectivity index (χ2n) is 5.90. The molecule has 1 aliphatic rings. The van der Waals surface area contributed by atoms with Crippen LogP contribution in [0, 0.1) is 9.39 Å². The zero-order valence-corrected chi connectivity index (χ0v) is 18.2. The largest absolute Gasteiger partial charge is 0.481 e. The number of nitrogens with zero attached hydrogens (tertiary/aromatic N) is 2. The van der Waals surface area contributed by atoms with Crippen LogP contribution >= 0.6 is 34.4 Å². The number of amidine groups is 1. The van der Waals surface area contributed by atoms with Gasteiger partial charge in [-0.3, -0.25) is 9.69 Å². The van der Waals surface area contributed by atoms with Crippen molar-refractivity contribution in [3.05, 3.63) is 62.3 Å². The van der Waals surface area contributed by atoms with Crippen LogP contribution in [0.15, 0.2) is 52.4 Å². The zero-order valence-electron chi connectivity index (χ0n) is 15.3. The lowest BCUT2D eigenvalue weighted by Crippen LogP contribution is -2.28. The number of carboxylic acid groups (broad SMARTS) is 1. The second kappa shape index (κ2) is 9.40. The molecule has 0 unspecified atom stereocenters. The number of likely N-dealkylation sites (N-methyl/N-ethyl adjacent to an activating group) is 1. The summed E-state index contributed by atoms with van der Waals surface area (Å²) >= 11 is 3.31. The molecule has 150 valence electrons. The monoisotopic (exact) mass is 526 g/mol. The Kier molecular flexibility index (Phi) is 6.91. The van der Waals surface area contributed by atoms with E-state index in [0.29, 0.717) is 28.1 Å². The number of carboxylic acids is 1. The number of thioether (sulfide) groups is 1. The molecule has 0 atom stereocenters. The summed E-state index contributed by atoms with van der Waals surface area (Å²) < 4.78 is 19.0. The van der Waals surface area contributed by atoms with Gasteiger partial charge in [-0.2, -0.15) is 0 Å². The van der Waals surface area contributed by atoms with Crippen molar-refractivity contribution in [3.63, 3.8) is 0 Å². The summed E-state index contributed by atoms with van der Waals surface area (Å²) in [7, 11) is 0. The van der Waals surface area contributed by atoms with Gasteiger partial charge in [0.2, 0.25) is 0 Å². The zero-order chi connectivity index (χ0) is 21.0. The molecule has 9 heteroatoms.